The predicted octanol–water partition coefficient (Wildman–Crippen LogP) is 4.37. The molecule has 0 radical (unpaired) electrons. The highest BCUT2D eigenvalue weighted by Gasteiger charge is 2.36. The van der Waals surface area contributed by atoms with Crippen molar-refractivity contribution in [2.75, 3.05) is 12.0 Å². The number of anilines is 1. The van der Waals surface area contributed by atoms with E-state index in [9.17, 15) is 14.4 Å². The Balaban J connectivity index is 1.85. The van der Waals surface area contributed by atoms with E-state index in [-0.39, 0.29) is 5.24 Å². The number of benzene rings is 2. The van der Waals surface area contributed by atoms with Gasteiger partial charge in [0.15, 0.2) is 0 Å². The van der Waals surface area contributed by atoms with E-state index < -0.39 is 11.9 Å². The maximum absolute atomic E-state index is 12.5. The molecule has 0 bridgehead atoms. The molecule has 0 saturated carbocycles. The second kappa shape index (κ2) is 7.13. The van der Waals surface area contributed by atoms with E-state index in [1.165, 1.54) is 7.11 Å². The molecule has 0 N–H and O–H groups in total. The summed E-state index contributed by atoms with van der Waals surface area (Å²) in [5.74, 6) is -0.830. The molecule has 3 rings (SSSR count). The smallest absolute Gasteiger partial charge is 0.337 e. The monoisotopic (exact) mass is 373 g/mol. The highest BCUT2D eigenvalue weighted by molar-refractivity contribution is 8.19. The summed E-state index contributed by atoms with van der Waals surface area (Å²) in [6.45, 7) is 0. The lowest BCUT2D eigenvalue weighted by Crippen LogP contribution is -2.27. The van der Waals surface area contributed by atoms with E-state index in [0.717, 1.165) is 16.7 Å². The number of methoxy groups -OCH3 is 1. The fourth-order valence-corrected chi connectivity index (χ4v) is 3.23. The van der Waals surface area contributed by atoms with E-state index in [1.54, 1.807) is 54.6 Å². The van der Waals surface area contributed by atoms with Crippen LogP contribution in [0.3, 0.4) is 0 Å². The van der Waals surface area contributed by atoms with Gasteiger partial charge in [0.25, 0.3) is 11.1 Å². The van der Waals surface area contributed by atoms with E-state index in [4.69, 9.17) is 11.6 Å². The molecule has 1 fully saturated rings. The third-order valence-electron chi connectivity index (χ3n) is 3.51. The number of rotatable bonds is 3. The molecule has 5 nitrogen and oxygen atoms in total. The fourth-order valence-electron chi connectivity index (χ4n) is 2.27. The maximum atomic E-state index is 12.5. The molecular weight excluding hydrogens is 362 g/mol. The second-order valence-corrected chi connectivity index (χ2v) is 6.54. The SMILES string of the molecule is COC(=O)c1ccc(/C=C2\SC(=O)N(c3ccc(Cl)cc3)C2=O)cc1. The third-order valence-corrected chi connectivity index (χ3v) is 4.63. The van der Waals surface area contributed by atoms with Crippen LogP contribution in [-0.4, -0.2) is 24.2 Å². The van der Waals surface area contributed by atoms with Crippen LogP contribution in [-0.2, 0) is 9.53 Å². The first-order valence-electron chi connectivity index (χ1n) is 7.21. The first kappa shape index (κ1) is 17.3. The van der Waals surface area contributed by atoms with Crippen LogP contribution in [0.25, 0.3) is 6.08 Å². The van der Waals surface area contributed by atoms with Gasteiger partial charge in [0.1, 0.15) is 0 Å². The first-order chi connectivity index (χ1) is 12.0. The Morgan fingerprint density at radius 3 is 2.32 bits per heavy atom. The average molecular weight is 374 g/mol. The number of hydrogen-bond acceptors (Lipinski definition) is 5. The van der Waals surface area contributed by atoms with Crippen molar-refractivity contribution in [2.45, 2.75) is 0 Å². The van der Waals surface area contributed by atoms with E-state index in [0.29, 0.717) is 26.7 Å². The highest BCUT2D eigenvalue weighted by Crippen LogP contribution is 2.36. The molecule has 0 aromatic heterocycles. The van der Waals surface area contributed by atoms with E-state index >= 15 is 0 Å². The normalized spacial score (nSPS) is 15.8. The van der Waals surface area contributed by atoms with Crippen LogP contribution in [0.1, 0.15) is 15.9 Å². The lowest BCUT2D eigenvalue weighted by molar-refractivity contribution is -0.113. The number of halogens is 1. The van der Waals surface area contributed by atoms with Crippen molar-refractivity contribution in [1.29, 1.82) is 0 Å². The summed E-state index contributed by atoms with van der Waals surface area (Å²) in [5.41, 5.74) is 1.58. The lowest BCUT2D eigenvalue weighted by Gasteiger charge is -2.12. The van der Waals surface area contributed by atoms with Crippen LogP contribution in [0.2, 0.25) is 5.02 Å². The second-order valence-electron chi connectivity index (χ2n) is 5.11. The van der Waals surface area contributed by atoms with Gasteiger partial charge in [-0.2, -0.15) is 0 Å². The van der Waals surface area contributed by atoms with Gasteiger partial charge in [0.05, 0.1) is 23.3 Å². The van der Waals surface area contributed by atoms with Gasteiger partial charge in [-0.25, -0.2) is 9.69 Å². The van der Waals surface area contributed by atoms with Gasteiger partial charge in [-0.1, -0.05) is 23.7 Å². The van der Waals surface area contributed by atoms with Crippen molar-refractivity contribution in [3.8, 4) is 0 Å². The Kier molecular flexibility index (Phi) is 4.92. The summed E-state index contributed by atoms with van der Waals surface area (Å²) in [4.78, 5) is 37.6. The number of ether oxygens (including phenoxy) is 1. The number of esters is 1. The molecule has 1 aliphatic rings. The van der Waals surface area contributed by atoms with Crippen LogP contribution in [0.5, 0.6) is 0 Å². The number of imide groups is 1. The van der Waals surface area contributed by atoms with Crippen LogP contribution < -0.4 is 4.90 Å². The Morgan fingerprint density at radius 2 is 1.72 bits per heavy atom. The van der Waals surface area contributed by atoms with Crippen LogP contribution in [0.15, 0.2) is 53.4 Å². The van der Waals surface area contributed by atoms with Crippen molar-refractivity contribution in [3.05, 3.63) is 69.6 Å². The first-order valence-corrected chi connectivity index (χ1v) is 8.41. The molecule has 0 unspecified atom stereocenters. The highest BCUT2D eigenvalue weighted by atomic mass is 35.5. The molecule has 7 heteroatoms. The summed E-state index contributed by atoms with van der Waals surface area (Å²) >= 11 is 6.70. The van der Waals surface area contributed by atoms with E-state index in [2.05, 4.69) is 4.74 Å². The molecule has 1 aliphatic heterocycles. The zero-order valence-electron chi connectivity index (χ0n) is 13.1. The summed E-state index contributed by atoms with van der Waals surface area (Å²) in [7, 11) is 1.31. The molecule has 1 heterocycles. The zero-order chi connectivity index (χ0) is 18.0. The molecule has 0 atom stereocenters. The molecule has 2 aromatic carbocycles. The Labute approximate surface area is 153 Å². The number of amides is 2. The van der Waals surface area contributed by atoms with Crippen LogP contribution in [0, 0.1) is 0 Å². The molecule has 0 spiro atoms. The van der Waals surface area contributed by atoms with Gasteiger partial charge >= 0.3 is 5.97 Å². The van der Waals surface area contributed by atoms with E-state index in [1.807, 2.05) is 0 Å². The summed E-state index contributed by atoms with van der Waals surface area (Å²) in [5, 5.41) is 0.154. The van der Waals surface area contributed by atoms with Crippen molar-refractivity contribution in [2.24, 2.45) is 0 Å². The third kappa shape index (κ3) is 3.60. The summed E-state index contributed by atoms with van der Waals surface area (Å²) in [6.07, 6.45) is 1.61. The molecule has 0 aliphatic carbocycles. The van der Waals surface area contributed by atoms with Gasteiger partial charge < -0.3 is 4.74 Å². The predicted molar refractivity (Wildman–Crippen MR) is 97.7 cm³/mol. The number of carbonyl (C=O) groups excluding carboxylic acids is 3. The maximum Gasteiger partial charge on any atom is 0.337 e. The average Bonchev–Trinajstić information content (AvgIpc) is 2.89. The zero-order valence-corrected chi connectivity index (χ0v) is 14.6. The van der Waals surface area contributed by atoms with Crippen LogP contribution >= 0.6 is 23.4 Å². The van der Waals surface area contributed by atoms with Crippen molar-refractivity contribution < 1.29 is 19.1 Å². The van der Waals surface area contributed by atoms with Gasteiger partial charge in [0, 0.05) is 5.02 Å². The largest absolute Gasteiger partial charge is 0.465 e. The quantitative estimate of drug-likeness (QED) is 0.590. The van der Waals surface area contributed by atoms with Crippen molar-refractivity contribution in [1.82, 2.24) is 0 Å². The molecule has 1 saturated heterocycles. The standard InChI is InChI=1S/C18H12ClNO4S/c1-24-17(22)12-4-2-11(3-5-12)10-15-16(21)20(18(23)25-15)14-8-6-13(19)7-9-14/h2-10H,1H3/b15-10-. The van der Waals surface area contributed by atoms with Crippen LogP contribution in [0.4, 0.5) is 10.5 Å². The fraction of sp³-hybridized carbons (Fsp3) is 0.0556. The topological polar surface area (TPSA) is 63.7 Å². The molecule has 2 amide bonds. The Bertz CT molecular complexity index is 875. The van der Waals surface area contributed by atoms with Crippen molar-refractivity contribution >= 4 is 52.2 Å². The summed E-state index contributed by atoms with van der Waals surface area (Å²) < 4.78 is 4.64. The Hall–Kier alpha value is -2.57. The van der Waals surface area contributed by atoms with Crippen molar-refractivity contribution in [3.63, 3.8) is 0 Å². The molecular formula is C18H12ClNO4S. The number of thioether (sulfide) groups is 1. The molecule has 126 valence electrons. The summed E-state index contributed by atoms with van der Waals surface area (Å²) in [6, 6.07) is 13.0. The molecule has 25 heavy (non-hydrogen) atoms. The molecule has 2 aromatic rings. The number of hydrogen-bond donors (Lipinski definition) is 0. The van der Waals surface area contributed by atoms with Gasteiger partial charge in [-0.05, 0) is 59.8 Å². The minimum absolute atomic E-state index is 0.311. The number of carbonyl (C=O) groups is 3. The number of nitrogens with zero attached hydrogens (tertiary/aromatic N) is 1. The van der Waals surface area contributed by atoms with Gasteiger partial charge in [-0.3, -0.25) is 9.59 Å². The lowest BCUT2D eigenvalue weighted by atomic mass is 10.1. The minimum atomic E-state index is -0.436. The minimum Gasteiger partial charge on any atom is -0.465 e. The van der Waals surface area contributed by atoms with Gasteiger partial charge in [0.2, 0.25) is 0 Å². The van der Waals surface area contributed by atoms with Gasteiger partial charge in [-0.15, -0.1) is 0 Å². The Morgan fingerprint density at radius 1 is 1.08 bits per heavy atom.